The molecule has 0 aromatic carbocycles. The van der Waals surface area contributed by atoms with E-state index >= 15 is 0 Å². The van der Waals surface area contributed by atoms with E-state index in [-0.39, 0.29) is 24.0 Å². The molecule has 2 rings (SSSR count). The van der Waals surface area contributed by atoms with Crippen molar-refractivity contribution in [2.75, 3.05) is 32.6 Å². The highest BCUT2D eigenvalue weighted by molar-refractivity contribution is 14.0. The lowest BCUT2D eigenvalue weighted by atomic mass is 10.4. The largest absolute Gasteiger partial charge is 0.355 e. The van der Waals surface area contributed by atoms with Crippen LogP contribution in [0.15, 0.2) is 22.8 Å². The monoisotopic (exact) mass is 449 g/mol. The van der Waals surface area contributed by atoms with Crippen LogP contribution in [-0.2, 0) is 13.1 Å². The molecule has 0 saturated heterocycles. The van der Waals surface area contributed by atoms with Gasteiger partial charge in [0.2, 0.25) is 0 Å². The van der Waals surface area contributed by atoms with E-state index in [1.807, 2.05) is 43.0 Å². The molecule has 23 heavy (non-hydrogen) atoms. The third-order valence-electron chi connectivity index (χ3n) is 2.98. The highest BCUT2D eigenvalue weighted by Crippen LogP contribution is 2.17. The second-order valence-corrected chi connectivity index (χ2v) is 5.99. The standard InChI is InChI=1S/C14H23N7S.HI/c1-11-7-18-21(9-11)6-5-16-13(15-2)17-8-12-10-22-14(19-12)20(3)4;/h7,9-10H,5-6,8H2,1-4H3,(H2,15,16,17);1H. The Hall–Kier alpha value is -1.36. The van der Waals surface area contributed by atoms with Crippen molar-refractivity contribution in [1.82, 2.24) is 25.4 Å². The van der Waals surface area contributed by atoms with Crippen molar-refractivity contribution in [3.63, 3.8) is 0 Å². The summed E-state index contributed by atoms with van der Waals surface area (Å²) in [5.74, 6) is 0.767. The van der Waals surface area contributed by atoms with Gasteiger partial charge in [0.15, 0.2) is 11.1 Å². The quantitative estimate of drug-likeness (QED) is 0.399. The van der Waals surface area contributed by atoms with Crippen molar-refractivity contribution >= 4 is 46.4 Å². The van der Waals surface area contributed by atoms with Crippen LogP contribution in [0.25, 0.3) is 0 Å². The van der Waals surface area contributed by atoms with Gasteiger partial charge in [0.1, 0.15) is 0 Å². The number of anilines is 1. The van der Waals surface area contributed by atoms with Crippen LogP contribution in [0.2, 0.25) is 0 Å². The summed E-state index contributed by atoms with van der Waals surface area (Å²) in [5, 5.41) is 13.9. The zero-order valence-electron chi connectivity index (χ0n) is 13.9. The van der Waals surface area contributed by atoms with Crippen molar-refractivity contribution in [3.8, 4) is 0 Å². The summed E-state index contributed by atoms with van der Waals surface area (Å²) < 4.78 is 1.92. The van der Waals surface area contributed by atoms with Crippen LogP contribution in [0.3, 0.4) is 0 Å². The van der Waals surface area contributed by atoms with Crippen molar-refractivity contribution in [2.24, 2.45) is 4.99 Å². The van der Waals surface area contributed by atoms with Crippen LogP contribution in [0.5, 0.6) is 0 Å². The van der Waals surface area contributed by atoms with Gasteiger partial charge in [-0.1, -0.05) is 0 Å². The Bertz CT molecular complexity index is 620. The molecule has 128 valence electrons. The SMILES string of the molecule is CN=C(NCCn1cc(C)cn1)NCc1csc(N(C)C)n1.I. The fourth-order valence-electron chi connectivity index (χ4n) is 1.86. The Kier molecular flexibility index (Phi) is 8.31. The number of aryl methyl sites for hydroxylation is 1. The normalized spacial score (nSPS) is 11.0. The Balaban J connectivity index is 0.00000264. The summed E-state index contributed by atoms with van der Waals surface area (Å²) in [6, 6.07) is 0. The highest BCUT2D eigenvalue weighted by Gasteiger charge is 2.04. The molecule has 0 atom stereocenters. The van der Waals surface area contributed by atoms with Crippen molar-refractivity contribution < 1.29 is 0 Å². The molecule has 0 bridgehead atoms. The summed E-state index contributed by atoms with van der Waals surface area (Å²) in [5.41, 5.74) is 2.18. The van der Waals surface area contributed by atoms with Gasteiger partial charge >= 0.3 is 0 Å². The molecule has 0 radical (unpaired) electrons. The average Bonchev–Trinajstić information content (AvgIpc) is 3.11. The van der Waals surface area contributed by atoms with E-state index < -0.39 is 0 Å². The zero-order valence-corrected chi connectivity index (χ0v) is 17.1. The molecule has 0 aliphatic heterocycles. The summed E-state index contributed by atoms with van der Waals surface area (Å²) in [4.78, 5) is 10.8. The molecule has 2 aromatic rings. The number of rotatable bonds is 6. The predicted molar refractivity (Wildman–Crippen MR) is 107 cm³/mol. The van der Waals surface area contributed by atoms with E-state index in [0.29, 0.717) is 6.54 Å². The van der Waals surface area contributed by atoms with Gasteiger partial charge in [-0.3, -0.25) is 9.67 Å². The van der Waals surface area contributed by atoms with E-state index in [1.54, 1.807) is 18.4 Å². The van der Waals surface area contributed by atoms with Gasteiger partial charge in [-0.05, 0) is 12.5 Å². The minimum absolute atomic E-state index is 0. The molecule has 2 aromatic heterocycles. The molecule has 0 aliphatic carbocycles. The molecule has 2 heterocycles. The average molecular weight is 449 g/mol. The molecule has 9 heteroatoms. The molecular weight excluding hydrogens is 425 g/mol. The number of nitrogens with one attached hydrogen (secondary N) is 2. The maximum atomic E-state index is 4.53. The van der Waals surface area contributed by atoms with E-state index in [2.05, 4.69) is 31.1 Å². The summed E-state index contributed by atoms with van der Waals surface area (Å²) in [6.45, 7) is 4.26. The highest BCUT2D eigenvalue weighted by atomic mass is 127. The maximum Gasteiger partial charge on any atom is 0.191 e. The Morgan fingerprint density at radius 3 is 2.74 bits per heavy atom. The van der Waals surface area contributed by atoms with Crippen molar-refractivity contribution in [1.29, 1.82) is 0 Å². The number of nitrogens with zero attached hydrogens (tertiary/aromatic N) is 5. The molecule has 0 saturated carbocycles. The first-order chi connectivity index (χ1) is 10.6. The van der Waals surface area contributed by atoms with Crippen LogP contribution in [-0.4, -0.2) is 48.4 Å². The van der Waals surface area contributed by atoms with Gasteiger partial charge < -0.3 is 15.5 Å². The third-order valence-corrected chi connectivity index (χ3v) is 4.04. The second kappa shape index (κ2) is 9.71. The Morgan fingerprint density at radius 1 is 1.39 bits per heavy atom. The molecule has 0 aliphatic rings. The zero-order chi connectivity index (χ0) is 15.9. The molecule has 7 nitrogen and oxygen atoms in total. The lowest BCUT2D eigenvalue weighted by Gasteiger charge is -2.11. The van der Waals surface area contributed by atoms with Gasteiger partial charge in [-0.25, -0.2) is 4.98 Å². The first-order valence-corrected chi connectivity index (χ1v) is 8.01. The second-order valence-electron chi connectivity index (χ2n) is 5.15. The Labute approximate surface area is 158 Å². The van der Waals surface area contributed by atoms with Crippen molar-refractivity contribution in [3.05, 3.63) is 29.0 Å². The lowest BCUT2D eigenvalue weighted by molar-refractivity contribution is 0.597. The van der Waals surface area contributed by atoms with Gasteiger partial charge in [-0.2, -0.15) is 5.10 Å². The summed E-state index contributed by atoms with van der Waals surface area (Å²) >= 11 is 1.64. The van der Waals surface area contributed by atoms with Crippen LogP contribution in [0.4, 0.5) is 5.13 Å². The predicted octanol–water partition coefficient (Wildman–Crippen LogP) is 1.70. The van der Waals surface area contributed by atoms with Gasteiger partial charge in [-0.15, -0.1) is 35.3 Å². The molecule has 0 spiro atoms. The van der Waals surface area contributed by atoms with Crippen LogP contribution >= 0.6 is 35.3 Å². The number of guanidine groups is 1. The van der Waals surface area contributed by atoms with Crippen LogP contribution < -0.4 is 15.5 Å². The minimum atomic E-state index is 0. The third kappa shape index (κ3) is 6.34. The fourth-order valence-corrected chi connectivity index (χ4v) is 2.61. The number of hydrogen-bond donors (Lipinski definition) is 2. The topological polar surface area (TPSA) is 70.4 Å². The minimum Gasteiger partial charge on any atom is -0.355 e. The number of halogens is 1. The number of thiazole rings is 1. The molecule has 0 amide bonds. The fraction of sp³-hybridized carbons (Fsp3) is 0.500. The van der Waals surface area contributed by atoms with E-state index in [0.717, 1.165) is 29.9 Å². The van der Waals surface area contributed by atoms with Gasteiger partial charge in [0.25, 0.3) is 0 Å². The lowest BCUT2D eigenvalue weighted by Crippen LogP contribution is -2.38. The smallest absolute Gasteiger partial charge is 0.191 e. The molecular formula is C14H24IN7S. The number of aliphatic imine (C=N–C) groups is 1. The van der Waals surface area contributed by atoms with Crippen LogP contribution in [0.1, 0.15) is 11.3 Å². The summed E-state index contributed by atoms with van der Waals surface area (Å²) in [7, 11) is 5.75. The van der Waals surface area contributed by atoms with E-state index in [9.17, 15) is 0 Å². The van der Waals surface area contributed by atoms with Gasteiger partial charge in [0, 0.05) is 39.3 Å². The van der Waals surface area contributed by atoms with E-state index in [1.165, 1.54) is 5.56 Å². The van der Waals surface area contributed by atoms with Gasteiger partial charge in [0.05, 0.1) is 25.0 Å². The molecule has 0 unspecified atom stereocenters. The molecule has 0 fully saturated rings. The molecule has 2 N–H and O–H groups in total. The van der Waals surface area contributed by atoms with Crippen LogP contribution in [0, 0.1) is 6.92 Å². The first kappa shape index (κ1) is 19.7. The number of hydrogen-bond acceptors (Lipinski definition) is 5. The number of aromatic nitrogens is 3. The van der Waals surface area contributed by atoms with E-state index in [4.69, 9.17) is 0 Å². The summed E-state index contributed by atoms with van der Waals surface area (Å²) in [6.07, 6.45) is 3.88. The Morgan fingerprint density at radius 2 is 2.17 bits per heavy atom. The first-order valence-electron chi connectivity index (χ1n) is 7.14. The maximum absolute atomic E-state index is 4.53. The van der Waals surface area contributed by atoms with Crippen molar-refractivity contribution in [2.45, 2.75) is 20.0 Å².